The molecule has 4 heteroatoms. The van der Waals surface area contributed by atoms with Crippen LogP contribution in [-0.4, -0.2) is 5.25 Å². The van der Waals surface area contributed by atoms with Gasteiger partial charge in [0.25, 0.3) is 0 Å². The van der Waals surface area contributed by atoms with Crippen LogP contribution in [-0.2, 0) is 0 Å². The Bertz CT molecular complexity index is 633. The second-order valence-corrected chi connectivity index (χ2v) is 5.96. The Morgan fingerprint density at radius 1 is 1.11 bits per heavy atom. The molecule has 0 spiro atoms. The number of anilines is 1. The van der Waals surface area contributed by atoms with Gasteiger partial charge in [-0.15, -0.1) is 11.8 Å². The molecule has 19 heavy (non-hydrogen) atoms. The number of rotatable bonds is 1. The normalized spacial score (nSPS) is 21.1. The maximum absolute atomic E-state index is 9.37. The van der Waals surface area contributed by atoms with Gasteiger partial charge in [0.1, 0.15) is 5.25 Å². The van der Waals surface area contributed by atoms with E-state index in [9.17, 15) is 5.26 Å². The quantitative estimate of drug-likeness (QED) is 0.839. The lowest BCUT2D eigenvalue weighted by atomic mass is 10.0. The first-order valence-corrected chi connectivity index (χ1v) is 7.21. The topological polar surface area (TPSA) is 35.8 Å². The summed E-state index contributed by atoms with van der Waals surface area (Å²) >= 11 is 7.52. The minimum Gasteiger partial charge on any atom is -0.375 e. The van der Waals surface area contributed by atoms with Crippen molar-refractivity contribution in [2.75, 3.05) is 5.32 Å². The fourth-order valence-electron chi connectivity index (χ4n) is 2.17. The van der Waals surface area contributed by atoms with Gasteiger partial charge in [-0.05, 0) is 29.8 Å². The predicted octanol–water partition coefficient (Wildman–Crippen LogP) is 4.49. The SMILES string of the molecule is N#CC1Sc2ccccc2NC1c1ccc(Cl)cc1. The molecule has 1 heterocycles. The lowest BCUT2D eigenvalue weighted by Crippen LogP contribution is -2.25. The van der Waals surface area contributed by atoms with Crippen molar-refractivity contribution in [2.45, 2.75) is 16.2 Å². The summed E-state index contributed by atoms with van der Waals surface area (Å²) in [4.78, 5) is 1.12. The molecule has 2 atom stereocenters. The molecule has 1 N–H and O–H groups in total. The van der Waals surface area contributed by atoms with Crippen LogP contribution in [0, 0.1) is 11.3 Å². The summed E-state index contributed by atoms with van der Waals surface area (Å²) < 4.78 is 0. The summed E-state index contributed by atoms with van der Waals surface area (Å²) in [6.45, 7) is 0. The molecule has 2 aromatic carbocycles. The number of nitrogens with zero attached hydrogens (tertiary/aromatic N) is 1. The van der Waals surface area contributed by atoms with E-state index >= 15 is 0 Å². The first kappa shape index (κ1) is 12.4. The molecule has 0 saturated carbocycles. The van der Waals surface area contributed by atoms with Crippen molar-refractivity contribution in [1.29, 1.82) is 5.26 Å². The maximum atomic E-state index is 9.37. The Morgan fingerprint density at radius 2 is 1.84 bits per heavy atom. The van der Waals surface area contributed by atoms with Crippen LogP contribution in [0.4, 0.5) is 5.69 Å². The summed E-state index contributed by atoms with van der Waals surface area (Å²) in [5.74, 6) is 0. The highest BCUT2D eigenvalue weighted by molar-refractivity contribution is 8.00. The lowest BCUT2D eigenvalue weighted by Gasteiger charge is -2.30. The fourth-order valence-corrected chi connectivity index (χ4v) is 3.39. The van der Waals surface area contributed by atoms with Gasteiger partial charge < -0.3 is 5.32 Å². The summed E-state index contributed by atoms with van der Waals surface area (Å²) in [6.07, 6.45) is 0. The van der Waals surface area contributed by atoms with Crippen LogP contribution in [0.5, 0.6) is 0 Å². The Morgan fingerprint density at radius 3 is 2.58 bits per heavy atom. The molecule has 0 aliphatic carbocycles. The molecule has 3 rings (SSSR count). The number of para-hydroxylation sites is 1. The third-order valence-electron chi connectivity index (χ3n) is 3.11. The van der Waals surface area contributed by atoms with E-state index in [-0.39, 0.29) is 11.3 Å². The van der Waals surface area contributed by atoms with E-state index in [0.717, 1.165) is 16.1 Å². The molecular formula is C15H11ClN2S. The third-order valence-corrected chi connectivity index (χ3v) is 4.60. The van der Waals surface area contributed by atoms with E-state index in [1.165, 1.54) is 0 Å². The molecule has 0 bridgehead atoms. The zero-order valence-corrected chi connectivity index (χ0v) is 11.6. The van der Waals surface area contributed by atoms with Gasteiger partial charge in [0.2, 0.25) is 0 Å². The van der Waals surface area contributed by atoms with Crippen molar-refractivity contribution < 1.29 is 0 Å². The molecule has 0 fully saturated rings. The fraction of sp³-hybridized carbons (Fsp3) is 0.133. The average Bonchev–Trinajstić information content (AvgIpc) is 2.46. The number of halogens is 1. The van der Waals surface area contributed by atoms with Crippen molar-refractivity contribution in [3.8, 4) is 6.07 Å². The largest absolute Gasteiger partial charge is 0.375 e. The van der Waals surface area contributed by atoms with E-state index in [1.807, 2.05) is 48.5 Å². The zero-order chi connectivity index (χ0) is 13.2. The molecule has 0 radical (unpaired) electrons. The molecule has 0 amide bonds. The number of benzene rings is 2. The van der Waals surface area contributed by atoms with Crippen LogP contribution in [0.15, 0.2) is 53.4 Å². The summed E-state index contributed by atoms with van der Waals surface area (Å²) in [5.41, 5.74) is 2.16. The molecule has 1 aliphatic rings. The first-order chi connectivity index (χ1) is 9.28. The van der Waals surface area contributed by atoms with Crippen LogP contribution in [0.25, 0.3) is 0 Å². The molecule has 0 saturated heterocycles. The predicted molar refractivity (Wildman–Crippen MR) is 79.5 cm³/mol. The van der Waals surface area contributed by atoms with Crippen LogP contribution in [0.2, 0.25) is 5.02 Å². The van der Waals surface area contributed by atoms with Gasteiger partial charge in [0, 0.05) is 15.6 Å². The standard InChI is InChI=1S/C15H11ClN2S/c16-11-7-5-10(6-8-11)15-14(9-17)19-13-4-2-1-3-12(13)18-15/h1-8,14-15,18H. The molecule has 94 valence electrons. The molecular weight excluding hydrogens is 276 g/mol. The molecule has 0 aromatic heterocycles. The Balaban J connectivity index is 1.98. The van der Waals surface area contributed by atoms with Gasteiger partial charge in [0.05, 0.1) is 12.1 Å². The van der Waals surface area contributed by atoms with Gasteiger partial charge in [-0.3, -0.25) is 0 Å². The highest BCUT2D eigenvalue weighted by atomic mass is 35.5. The van der Waals surface area contributed by atoms with Gasteiger partial charge in [-0.2, -0.15) is 5.26 Å². The Labute approximate surface area is 121 Å². The maximum Gasteiger partial charge on any atom is 0.121 e. The van der Waals surface area contributed by atoms with Crippen LogP contribution in [0.1, 0.15) is 11.6 Å². The third kappa shape index (κ3) is 2.42. The van der Waals surface area contributed by atoms with Crippen LogP contribution in [0.3, 0.4) is 0 Å². The summed E-state index contributed by atoms with van der Waals surface area (Å²) in [7, 11) is 0. The van der Waals surface area contributed by atoms with Gasteiger partial charge in [0.15, 0.2) is 0 Å². The lowest BCUT2D eigenvalue weighted by molar-refractivity contribution is 0.805. The smallest absolute Gasteiger partial charge is 0.121 e. The molecule has 2 nitrogen and oxygen atoms in total. The molecule has 1 aliphatic heterocycles. The van der Waals surface area contributed by atoms with Crippen molar-refractivity contribution >= 4 is 29.1 Å². The van der Waals surface area contributed by atoms with Crippen LogP contribution >= 0.6 is 23.4 Å². The second-order valence-electron chi connectivity index (χ2n) is 4.34. The summed E-state index contributed by atoms with van der Waals surface area (Å²) in [5, 5.41) is 13.4. The van der Waals surface area contributed by atoms with E-state index < -0.39 is 0 Å². The number of hydrogen-bond donors (Lipinski definition) is 1. The Hall–Kier alpha value is -1.63. The van der Waals surface area contributed by atoms with Crippen molar-refractivity contribution in [3.05, 3.63) is 59.1 Å². The van der Waals surface area contributed by atoms with Gasteiger partial charge >= 0.3 is 0 Å². The van der Waals surface area contributed by atoms with Gasteiger partial charge in [-0.1, -0.05) is 35.9 Å². The monoisotopic (exact) mass is 286 g/mol. The van der Waals surface area contributed by atoms with Crippen molar-refractivity contribution in [2.24, 2.45) is 0 Å². The zero-order valence-electron chi connectivity index (χ0n) is 10.0. The number of thioether (sulfide) groups is 1. The highest BCUT2D eigenvalue weighted by Crippen LogP contribution is 2.43. The number of nitrogens with one attached hydrogen (secondary N) is 1. The van der Waals surface area contributed by atoms with E-state index in [2.05, 4.69) is 11.4 Å². The van der Waals surface area contributed by atoms with Crippen molar-refractivity contribution in [3.63, 3.8) is 0 Å². The number of nitriles is 1. The average molecular weight is 287 g/mol. The first-order valence-electron chi connectivity index (χ1n) is 5.95. The second kappa shape index (κ2) is 5.16. The number of hydrogen-bond acceptors (Lipinski definition) is 3. The molecule has 2 aromatic rings. The van der Waals surface area contributed by atoms with E-state index in [4.69, 9.17) is 11.6 Å². The highest BCUT2D eigenvalue weighted by Gasteiger charge is 2.29. The minimum atomic E-state index is -0.143. The van der Waals surface area contributed by atoms with E-state index in [1.54, 1.807) is 11.8 Å². The van der Waals surface area contributed by atoms with Crippen LogP contribution < -0.4 is 5.32 Å². The minimum absolute atomic E-state index is 0.0119. The van der Waals surface area contributed by atoms with E-state index in [0.29, 0.717) is 5.02 Å². The molecule has 2 unspecified atom stereocenters. The van der Waals surface area contributed by atoms with Crippen molar-refractivity contribution in [1.82, 2.24) is 0 Å². The van der Waals surface area contributed by atoms with Gasteiger partial charge in [-0.25, -0.2) is 0 Å². The summed E-state index contributed by atoms with van der Waals surface area (Å²) in [6, 6.07) is 18.1. The Kier molecular flexibility index (Phi) is 3.37. The number of fused-ring (bicyclic) bond motifs is 1.